The molecule has 0 radical (unpaired) electrons. The highest BCUT2D eigenvalue weighted by Gasteiger charge is 2.14. The Hall–Kier alpha value is -1.84. The van der Waals surface area contributed by atoms with E-state index in [0.29, 0.717) is 32.4 Å². The van der Waals surface area contributed by atoms with Crippen LogP contribution < -0.4 is 4.74 Å². The highest BCUT2D eigenvalue weighted by atomic mass is 35.5. The summed E-state index contributed by atoms with van der Waals surface area (Å²) < 4.78 is 7.97. The molecule has 0 aliphatic rings. The monoisotopic (exact) mass is 523 g/mol. The molecule has 166 valence electrons. The number of ether oxygens (including phenoxy) is 1. The molecule has 2 aromatic carbocycles. The fraction of sp³-hybridized carbons (Fsp3) is 0.211. The average molecular weight is 525 g/mol. The Balaban J connectivity index is 0.000000785. The molecule has 0 spiro atoms. The summed E-state index contributed by atoms with van der Waals surface area (Å²) in [5.74, 6) is 1.40. The van der Waals surface area contributed by atoms with E-state index < -0.39 is 5.09 Å². The lowest BCUT2D eigenvalue weighted by Crippen LogP contribution is -2.21. The van der Waals surface area contributed by atoms with Gasteiger partial charge in [-0.15, -0.1) is 21.9 Å². The van der Waals surface area contributed by atoms with Gasteiger partial charge in [-0.05, 0) is 35.9 Å². The van der Waals surface area contributed by atoms with Gasteiger partial charge in [-0.1, -0.05) is 52.5 Å². The molecule has 0 aliphatic carbocycles. The van der Waals surface area contributed by atoms with Gasteiger partial charge in [0.05, 0.1) is 26.6 Å². The standard InChI is InChI=1S/C19H16Cl4N2OS.HNO3/c20-14-2-4-19(18(23)8-14)26-10-15(9-25-6-5-24-12-25)27-11-13-1-3-16(21)17(22)7-13;2-1(3)4/h1-8,12,15H,9-11H2;(H,2,3,4). The van der Waals surface area contributed by atoms with Crippen LogP contribution in [-0.4, -0.2) is 31.7 Å². The fourth-order valence-electron chi connectivity index (χ4n) is 2.40. The zero-order chi connectivity index (χ0) is 22.8. The van der Waals surface area contributed by atoms with Crippen molar-refractivity contribution in [3.05, 3.63) is 90.9 Å². The van der Waals surface area contributed by atoms with Crippen LogP contribution in [0.2, 0.25) is 20.1 Å². The van der Waals surface area contributed by atoms with Crippen LogP contribution in [-0.2, 0) is 12.3 Å². The van der Waals surface area contributed by atoms with Gasteiger partial charge in [-0.25, -0.2) is 4.98 Å². The number of benzene rings is 2. The van der Waals surface area contributed by atoms with Gasteiger partial charge in [-0.3, -0.25) is 0 Å². The number of halogens is 4. The van der Waals surface area contributed by atoms with Gasteiger partial charge in [0.25, 0.3) is 5.09 Å². The Morgan fingerprint density at radius 1 is 1.13 bits per heavy atom. The number of hydrogen-bond acceptors (Lipinski definition) is 5. The van der Waals surface area contributed by atoms with E-state index in [1.165, 1.54) is 0 Å². The lowest BCUT2D eigenvalue weighted by molar-refractivity contribution is -0.742. The van der Waals surface area contributed by atoms with E-state index in [-0.39, 0.29) is 5.25 Å². The van der Waals surface area contributed by atoms with Crippen molar-refractivity contribution in [1.29, 1.82) is 0 Å². The van der Waals surface area contributed by atoms with Crippen molar-refractivity contribution in [2.75, 3.05) is 6.61 Å². The molecule has 3 rings (SSSR count). The molecular weight excluding hydrogens is 508 g/mol. The molecule has 31 heavy (non-hydrogen) atoms. The third-order valence-corrected chi connectivity index (χ3v) is 6.29. The second-order valence-electron chi connectivity index (χ2n) is 6.06. The Morgan fingerprint density at radius 2 is 1.87 bits per heavy atom. The second kappa shape index (κ2) is 12.9. The average Bonchev–Trinajstić information content (AvgIpc) is 3.20. The summed E-state index contributed by atoms with van der Waals surface area (Å²) in [5.41, 5.74) is 1.11. The summed E-state index contributed by atoms with van der Waals surface area (Å²) in [6, 6.07) is 10.9. The van der Waals surface area contributed by atoms with E-state index in [9.17, 15) is 0 Å². The molecule has 0 bridgehead atoms. The van der Waals surface area contributed by atoms with Gasteiger partial charge < -0.3 is 14.5 Å². The van der Waals surface area contributed by atoms with Gasteiger partial charge >= 0.3 is 0 Å². The molecule has 0 amide bonds. The van der Waals surface area contributed by atoms with Crippen molar-refractivity contribution in [3.8, 4) is 5.75 Å². The van der Waals surface area contributed by atoms with E-state index >= 15 is 0 Å². The predicted octanol–water partition coefficient (Wildman–Crippen LogP) is 6.53. The zero-order valence-electron chi connectivity index (χ0n) is 15.8. The molecule has 0 saturated carbocycles. The number of aromatic nitrogens is 2. The smallest absolute Gasteiger partial charge is 0.291 e. The van der Waals surface area contributed by atoms with E-state index in [4.69, 9.17) is 66.5 Å². The van der Waals surface area contributed by atoms with Crippen molar-refractivity contribution in [2.24, 2.45) is 0 Å². The summed E-state index contributed by atoms with van der Waals surface area (Å²) in [5, 5.41) is 16.0. The van der Waals surface area contributed by atoms with Crippen LogP contribution >= 0.6 is 58.2 Å². The molecule has 1 heterocycles. The van der Waals surface area contributed by atoms with Crippen LogP contribution in [0.5, 0.6) is 5.75 Å². The Labute approximate surface area is 203 Å². The number of imidazole rings is 1. The van der Waals surface area contributed by atoms with Crippen LogP contribution in [0.25, 0.3) is 0 Å². The first kappa shape index (κ1) is 25.4. The van der Waals surface area contributed by atoms with Crippen molar-refractivity contribution >= 4 is 58.2 Å². The number of hydrogen-bond donors (Lipinski definition) is 1. The van der Waals surface area contributed by atoms with Crippen LogP contribution in [0, 0.1) is 10.1 Å². The van der Waals surface area contributed by atoms with E-state index in [1.807, 2.05) is 29.0 Å². The topological polar surface area (TPSA) is 90.4 Å². The van der Waals surface area contributed by atoms with Gasteiger partial charge in [0.15, 0.2) is 0 Å². The summed E-state index contributed by atoms with van der Waals surface area (Å²) in [4.78, 5) is 12.5. The Morgan fingerprint density at radius 3 is 2.48 bits per heavy atom. The van der Waals surface area contributed by atoms with Crippen LogP contribution in [0.3, 0.4) is 0 Å². The molecule has 12 heteroatoms. The molecule has 0 aliphatic heterocycles. The maximum absolute atomic E-state index is 8.36. The van der Waals surface area contributed by atoms with Gasteiger partial charge in [0.2, 0.25) is 0 Å². The Bertz CT molecular complexity index is 988. The summed E-state index contributed by atoms with van der Waals surface area (Å²) in [6.07, 6.45) is 5.49. The fourth-order valence-corrected chi connectivity index (χ4v) is 4.24. The minimum absolute atomic E-state index is 0.181. The highest BCUT2D eigenvalue weighted by Crippen LogP contribution is 2.30. The number of nitrogens with zero attached hydrogens (tertiary/aromatic N) is 3. The van der Waals surface area contributed by atoms with Crippen molar-refractivity contribution in [1.82, 2.24) is 9.55 Å². The van der Waals surface area contributed by atoms with Crippen molar-refractivity contribution in [3.63, 3.8) is 0 Å². The first-order valence-corrected chi connectivity index (χ1v) is 11.2. The van der Waals surface area contributed by atoms with E-state index in [2.05, 4.69) is 4.98 Å². The van der Waals surface area contributed by atoms with Gasteiger partial charge in [0.1, 0.15) is 12.4 Å². The summed E-state index contributed by atoms with van der Waals surface area (Å²) in [7, 11) is 0. The van der Waals surface area contributed by atoms with Gasteiger partial charge in [-0.2, -0.15) is 0 Å². The van der Waals surface area contributed by atoms with Crippen molar-refractivity contribution in [2.45, 2.75) is 17.5 Å². The zero-order valence-corrected chi connectivity index (χ0v) is 19.7. The maximum atomic E-state index is 8.36. The SMILES string of the molecule is Clc1ccc(OCC(Cn2ccnc2)SCc2ccc(Cl)c(Cl)c2)c(Cl)c1.O=[N+]([O-])O. The number of rotatable bonds is 8. The normalized spacial score (nSPS) is 11.4. The molecular formula is C19H17Cl4N3O4S. The molecule has 0 fully saturated rings. The number of thioether (sulfide) groups is 1. The quantitative estimate of drug-likeness (QED) is 0.266. The summed E-state index contributed by atoms with van der Waals surface area (Å²) >= 11 is 26.0. The molecule has 1 N–H and O–H groups in total. The van der Waals surface area contributed by atoms with Crippen molar-refractivity contribution < 1.29 is 15.0 Å². The molecule has 1 aromatic heterocycles. The van der Waals surface area contributed by atoms with Gasteiger partial charge in [0, 0.05) is 29.7 Å². The lowest BCUT2D eigenvalue weighted by atomic mass is 10.2. The first-order chi connectivity index (χ1) is 14.7. The largest absolute Gasteiger partial charge is 0.491 e. The van der Waals surface area contributed by atoms with Crippen LogP contribution in [0.1, 0.15) is 5.56 Å². The maximum Gasteiger partial charge on any atom is 0.291 e. The summed E-state index contributed by atoms with van der Waals surface area (Å²) in [6.45, 7) is 1.25. The lowest BCUT2D eigenvalue weighted by Gasteiger charge is -2.19. The second-order valence-corrected chi connectivity index (χ2v) is 9.01. The van der Waals surface area contributed by atoms with Crippen LogP contribution in [0.15, 0.2) is 55.1 Å². The molecule has 1 atom stereocenters. The van der Waals surface area contributed by atoms with Crippen LogP contribution in [0.4, 0.5) is 0 Å². The predicted molar refractivity (Wildman–Crippen MR) is 125 cm³/mol. The molecule has 3 aromatic rings. The minimum Gasteiger partial charge on any atom is -0.491 e. The molecule has 7 nitrogen and oxygen atoms in total. The third kappa shape index (κ3) is 9.45. The Kier molecular flexibility index (Phi) is 10.6. The first-order valence-electron chi connectivity index (χ1n) is 8.67. The molecule has 1 unspecified atom stereocenters. The van der Waals surface area contributed by atoms with E-state index in [1.54, 1.807) is 42.5 Å². The minimum atomic E-state index is -1.50. The molecule has 0 saturated heterocycles. The van der Waals surface area contributed by atoms with E-state index in [0.717, 1.165) is 17.9 Å². The third-order valence-electron chi connectivity index (χ3n) is 3.76. The highest BCUT2D eigenvalue weighted by molar-refractivity contribution is 7.99.